The number of anilines is 1. The number of benzene rings is 2. The van der Waals surface area contributed by atoms with Gasteiger partial charge in [0.15, 0.2) is 6.61 Å². The number of amides is 1. The molecule has 2 rings (SSSR count). The largest absolute Gasteiger partial charge is 0.452 e. The predicted molar refractivity (Wildman–Crippen MR) is 91.2 cm³/mol. The van der Waals surface area contributed by atoms with Crippen LogP contribution in [0.25, 0.3) is 6.08 Å². The lowest BCUT2D eigenvalue weighted by Crippen LogP contribution is -2.20. The average molecular weight is 348 g/mol. The second-order valence-electron chi connectivity index (χ2n) is 5.01. The molecule has 0 bridgehead atoms. The molecule has 124 valence electrons. The first-order valence-electron chi connectivity index (χ1n) is 7.10. The first-order chi connectivity index (χ1) is 11.4. The zero-order valence-corrected chi connectivity index (χ0v) is 13.6. The van der Waals surface area contributed by atoms with Crippen molar-refractivity contribution < 1.29 is 18.7 Å². The maximum Gasteiger partial charge on any atom is 0.331 e. The van der Waals surface area contributed by atoms with Gasteiger partial charge in [-0.25, -0.2) is 9.18 Å². The second kappa shape index (κ2) is 8.26. The molecule has 1 N–H and O–H groups in total. The first-order valence-corrected chi connectivity index (χ1v) is 7.48. The lowest BCUT2D eigenvalue weighted by molar-refractivity contribution is -0.142. The highest BCUT2D eigenvalue weighted by Gasteiger charge is 2.06. The zero-order chi connectivity index (χ0) is 17.5. The molecule has 0 aliphatic rings. The van der Waals surface area contributed by atoms with Crippen molar-refractivity contribution in [3.63, 3.8) is 0 Å². The molecule has 0 aromatic heterocycles. The van der Waals surface area contributed by atoms with E-state index in [0.717, 1.165) is 11.6 Å². The fourth-order valence-electron chi connectivity index (χ4n) is 1.83. The predicted octanol–water partition coefficient (Wildman–Crippen LogP) is 3.98. The summed E-state index contributed by atoms with van der Waals surface area (Å²) >= 11 is 5.96. The molecule has 4 nitrogen and oxygen atoms in total. The van der Waals surface area contributed by atoms with E-state index in [1.807, 2.05) is 6.92 Å². The molecule has 0 radical (unpaired) electrons. The van der Waals surface area contributed by atoms with Crippen molar-refractivity contribution in [3.05, 3.63) is 70.5 Å². The van der Waals surface area contributed by atoms with Crippen molar-refractivity contribution in [2.75, 3.05) is 11.9 Å². The molecule has 0 spiro atoms. The molecule has 6 heteroatoms. The van der Waals surface area contributed by atoms with Gasteiger partial charge in [0.1, 0.15) is 5.82 Å². The smallest absolute Gasteiger partial charge is 0.331 e. The number of halogens is 2. The number of hydrogen-bond acceptors (Lipinski definition) is 3. The lowest BCUT2D eigenvalue weighted by Gasteiger charge is -2.07. The number of carbonyl (C=O) groups excluding carboxylic acids is 2. The van der Waals surface area contributed by atoms with E-state index in [1.54, 1.807) is 24.3 Å². The Bertz CT molecular complexity index is 790. The minimum atomic E-state index is -0.698. The van der Waals surface area contributed by atoms with Gasteiger partial charge in [0.25, 0.3) is 5.91 Å². The molecule has 0 aliphatic heterocycles. The fraction of sp³-hybridized carbons (Fsp3) is 0.111. The summed E-state index contributed by atoms with van der Waals surface area (Å²) in [6.45, 7) is 1.42. The normalized spacial score (nSPS) is 10.6. The van der Waals surface area contributed by atoms with E-state index in [0.29, 0.717) is 16.3 Å². The summed E-state index contributed by atoms with van der Waals surface area (Å²) in [6, 6.07) is 10.8. The van der Waals surface area contributed by atoms with Crippen LogP contribution in [0, 0.1) is 12.7 Å². The Hall–Kier alpha value is -2.66. The topological polar surface area (TPSA) is 55.4 Å². The molecule has 2 aromatic rings. The van der Waals surface area contributed by atoms with Crippen LogP contribution >= 0.6 is 11.6 Å². The molecule has 0 atom stereocenters. The van der Waals surface area contributed by atoms with Crippen LogP contribution in [0.5, 0.6) is 0 Å². The number of carbonyl (C=O) groups is 2. The number of ether oxygens (including phenoxy) is 1. The lowest BCUT2D eigenvalue weighted by atomic mass is 10.2. The van der Waals surface area contributed by atoms with Crippen LogP contribution in [0.2, 0.25) is 5.02 Å². The Morgan fingerprint density at radius 3 is 2.75 bits per heavy atom. The third-order valence-corrected chi connectivity index (χ3v) is 3.47. The van der Waals surface area contributed by atoms with E-state index in [1.165, 1.54) is 24.3 Å². The summed E-state index contributed by atoms with van der Waals surface area (Å²) in [5.74, 6) is -1.58. The van der Waals surface area contributed by atoms with E-state index < -0.39 is 24.3 Å². The van der Waals surface area contributed by atoms with Gasteiger partial charge >= 0.3 is 5.97 Å². The molecule has 0 fully saturated rings. The Labute approximate surface area is 143 Å². The van der Waals surface area contributed by atoms with Gasteiger partial charge < -0.3 is 10.1 Å². The Kier molecular flexibility index (Phi) is 6.09. The van der Waals surface area contributed by atoms with E-state index in [4.69, 9.17) is 16.3 Å². The quantitative estimate of drug-likeness (QED) is 0.657. The van der Waals surface area contributed by atoms with Gasteiger partial charge in [0.05, 0.1) is 0 Å². The van der Waals surface area contributed by atoms with Gasteiger partial charge in [-0.1, -0.05) is 29.8 Å². The van der Waals surface area contributed by atoms with Gasteiger partial charge in [0.2, 0.25) is 0 Å². The average Bonchev–Trinajstić information content (AvgIpc) is 2.54. The van der Waals surface area contributed by atoms with Crippen LogP contribution in [-0.2, 0) is 14.3 Å². The van der Waals surface area contributed by atoms with Gasteiger partial charge in [-0.3, -0.25) is 4.79 Å². The third-order valence-electron chi connectivity index (χ3n) is 3.06. The van der Waals surface area contributed by atoms with Crippen LogP contribution in [-0.4, -0.2) is 18.5 Å². The zero-order valence-electron chi connectivity index (χ0n) is 12.9. The molecule has 24 heavy (non-hydrogen) atoms. The molecular formula is C18H15ClFNO3. The highest BCUT2D eigenvalue weighted by atomic mass is 35.5. The van der Waals surface area contributed by atoms with E-state index in [-0.39, 0.29) is 0 Å². The third kappa shape index (κ3) is 5.52. The number of aryl methyl sites for hydroxylation is 1. The molecule has 2 aromatic carbocycles. The van der Waals surface area contributed by atoms with Crippen molar-refractivity contribution in [1.29, 1.82) is 0 Å². The number of hydrogen-bond donors (Lipinski definition) is 1. The van der Waals surface area contributed by atoms with Crippen LogP contribution in [0.15, 0.2) is 48.5 Å². The summed E-state index contributed by atoms with van der Waals surface area (Å²) < 4.78 is 17.8. The monoisotopic (exact) mass is 347 g/mol. The van der Waals surface area contributed by atoms with E-state index in [9.17, 15) is 14.0 Å². The number of nitrogens with one attached hydrogen (secondary N) is 1. The van der Waals surface area contributed by atoms with Crippen molar-refractivity contribution in [2.24, 2.45) is 0 Å². The van der Waals surface area contributed by atoms with Gasteiger partial charge in [-0.05, 0) is 48.4 Å². The fourth-order valence-corrected chi connectivity index (χ4v) is 2.01. The van der Waals surface area contributed by atoms with Crippen molar-refractivity contribution in [1.82, 2.24) is 0 Å². The summed E-state index contributed by atoms with van der Waals surface area (Å²) in [6.07, 6.45) is 2.54. The molecule has 1 amide bonds. The van der Waals surface area contributed by atoms with Crippen molar-refractivity contribution in [2.45, 2.75) is 6.92 Å². The summed E-state index contributed by atoms with van der Waals surface area (Å²) in [5.41, 5.74) is 1.93. The molecule has 0 aliphatic carbocycles. The highest BCUT2D eigenvalue weighted by molar-refractivity contribution is 6.31. The standard InChI is InChI=1S/C18H15ClFNO3/c1-12-5-7-15(10-16(12)19)21-17(22)11-24-18(23)8-6-13-3-2-4-14(20)9-13/h2-10H,11H2,1H3,(H,21,22)/b8-6+. The maximum absolute atomic E-state index is 13.0. The summed E-state index contributed by atoms with van der Waals surface area (Å²) in [7, 11) is 0. The SMILES string of the molecule is Cc1ccc(NC(=O)COC(=O)/C=C/c2cccc(F)c2)cc1Cl. The molecule has 0 saturated carbocycles. The van der Waals surface area contributed by atoms with Gasteiger partial charge in [-0.2, -0.15) is 0 Å². The van der Waals surface area contributed by atoms with E-state index >= 15 is 0 Å². The maximum atomic E-state index is 13.0. The van der Waals surface area contributed by atoms with E-state index in [2.05, 4.69) is 5.32 Å². The first kappa shape index (κ1) is 17.7. The van der Waals surface area contributed by atoms with Gasteiger partial charge in [0, 0.05) is 16.8 Å². The second-order valence-corrected chi connectivity index (χ2v) is 5.42. The summed E-state index contributed by atoms with van der Waals surface area (Å²) in [4.78, 5) is 23.3. The minimum Gasteiger partial charge on any atom is -0.452 e. The van der Waals surface area contributed by atoms with Crippen LogP contribution in [0.4, 0.5) is 10.1 Å². The Morgan fingerprint density at radius 2 is 2.04 bits per heavy atom. The van der Waals surface area contributed by atoms with Crippen LogP contribution in [0.3, 0.4) is 0 Å². The van der Waals surface area contributed by atoms with Crippen LogP contribution in [0.1, 0.15) is 11.1 Å². The molecule has 0 heterocycles. The highest BCUT2D eigenvalue weighted by Crippen LogP contribution is 2.19. The Morgan fingerprint density at radius 1 is 1.25 bits per heavy atom. The van der Waals surface area contributed by atoms with Gasteiger partial charge in [-0.15, -0.1) is 0 Å². The minimum absolute atomic E-state index is 0.401. The molecule has 0 unspecified atom stereocenters. The number of rotatable bonds is 5. The summed E-state index contributed by atoms with van der Waals surface area (Å²) in [5, 5.41) is 3.10. The Balaban J connectivity index is 1.82. The van der Waals surface area contributed by atoms with Crippen LogP contribution < -0.4 is 5.32 Å². The molecule has 0 saturated heterocycles. The van der Waals surface area contributed by atoms with Crippen molar-refractivity contribution >= 4 is 35.2 Å². The number of esters is 1. The van der Waals surface area contributed by atoms with Crippen molar-refractivity contribution in [3.8, 4) is 0 Å². The molecular weight excluding hydrogens is 333 g/mol.